The first kappa shape index (κ1) is 15.2. The van der Waals surface area contributed by atoms with Crippen LogP contribution in [0.2, 0.25) is 10.2 Å². The van der Waals surface area contributed by atoms with E-state index in [0.717, 1.165) is 0 Å². The minimum absolute atomic E-state index is 0.0121. The van der Waals surface area contributed by atoms with Gasteiger partial charge in [0, 0.05) is 5.69 Å². The Morgan fingerprint density at radius 1 is 1.35 bits per heavy atom. The van der Waals surface area contributed by atoms with Gasteiger partial charge in [-0.1, -0.05) is 23.2 Å². The second kappa shape index (κ2) is 6.08. The summed E-state index contributed by atoms with van der Waals surface area (Å²) >= 11 is 14.7. The molecule has 0 aliphatic heterocycles. The first-order valence-corrected chi connectivity index (χ1v) is 7.02. The third-order valence-corrected chi connectivity index (χ3v) is 3.67. The standard InChI is InChI=1S/C13H8BrCl2FN2O/c1-6-4-7(14)9(17)5-10(6)18-13(20)12-8(15)2-3-11(16)19-12/h2-5H,1H3,(H,18,20). The zero-order valence-electron chi connectivity index (χ0n) is 10.2. The number of rotatable bonds is 2. The molecule has 3 nitrogen and oxygen atoms in total. The van der Waals surface area contributed by atoms with E-state index in [4.69, 9.17) is 23.2 Å². The molecule has 2 aromatic rings. The molecule has 0 radical (unpaired) electrons. The van der Waals surface area contributed by atoms with Crippen molar-refractivity contribution in [3.05, 3.63) is 56.0 Å². The Morgan fingerprint density at radius 3 is 2.75 bits per heavy atom. The Kier molecular flexibility index (Phi) is 4.62. The van der Waals surface area contributed by atoms with E-state index in [-0.39, 0.29) is 15.9 Å². The summed E-state index contributed by atoms with van der Waals surface area (Å²) < 4.78 is 13.8. The van der Waals surface area contributed by atoms with Crippen molar-refractivity contribution in [1.29, 1.82) is 0 Å². The van der Waals surface area contributed by atoms with Crippen molar-refractivity contribution in [3.63, 3.8) is 0 Å². The van der Waals surface area contributed by atoms with Crippen molar-refractivity contribution >= 4 is 50.7 Å². The zero-order chi connectivity index (χ0) is 14.9. The van der Waals surface area contributed by atoms with Crippen molar-refractivity contribution in [2.45, 2.75) is 6.92 Å². The normalized spacial score (nSPS) is 10.4. The fourth-order valence-corrected chi connectivity index (χ4v) is 2.34. The number of carbonyl (C=O) groups excluding carboxylic acids is 1. The van der Waals surface area contributed by atoms with Crippen LogP contribution in [0.25, 0.3) is 0 Å². The van der Waals surface area contributed by atoms with E-state index >= 15 is 0 Å². The molecule has 0 bridgehead atoms. The van der Waals surface area contributed by atoms with Gasteiger partial charge in [0.2, 0.25) is 0 Å². The topological polar surface area (TPSA) is 42.0 Å². The van der Waals surface area contributed by atoms with Crippen LogP contribution < -0.4 is 5.32 Å². The summed E-state index contributed by atoms with van der Waals surface area (Å²) in [6.07, 6.45) is 0. The summed E-state index contributed by atoms with van der Waals surface area (Å²) in [7, 11) is 0. The number of nitrogens with one attached hydrogen (secondary N) is 1. The molecular formula is C13H8BrCl2FN2O. The van der Waals surface area contributed by atoms with Gasteiger partial charge in [-0.15, -0.1) is 0 Å². The Morgan fingerprint density at radius 2 is 2.05 bits per heavy atom. The fourth-order valence-electron chi connectivity index (χ4n) is 1.54. The van der Waals surface area contributed by atoms with Crippen molar-refractivity contribution in [2.75, 3.05) is 5.32 Å². The Labute approximate surface area is 133 Å². The first-order chi connectivity index (χ1) is 9.38. The maximum atomic E-state index is 13.5. The molecular weight excluding hydrogens is 370 g/mol. The van der Waals surface area contributed by atoms with Gasteiger partial charge < -0.3 is 5.32 Å². The summed E-state index contributed by atoms with van der Waals surface area (Å²) in [5, 5.41) is 2.88. The number of carbonyl (C=O) groups is 1. The molecule has 1 aromatic carbocycles. The molecule has 0 unspecified atom stereocenters. The lowest BCUT2D eigenvalue weighted by Crippen LogP contribution is -2.15. The second-order valence-electron chi connectivity index (χ2n) is 4.00. The van der Waals surface area contributed by atoms with Crippen LogP contribution >= 0.6 is 39.1 Å². The molecule has 0 aliphatic rings. The first-order valence-electron chi connectivity index (χ1n) is 5.47. The van der Waals surface area contributed by atoms with Gasteiger partial charge in [0.1, 0.15) is 16.7 Å². The van der Waals surface area contributed by atoms with Crippen molar-refractivity contribution in [1.82, 2.24) is 4.98 Å². The molecule has 1 aromatic heterocycles. The summed E-state index contributed by atoms with van der Waals surface area (Å²) in [6.45, 7) is 1.74. The largest absolute Gasteiger partial charge is 0.320 e. The number of nitrogens with zero attached hydrogens (tertiary/aromatic N) is 1. The van der Waals surface area contributed by atoms with Crippen LogP contribution in [0, 0.1) is 12.7 Å². The fraction of sp³-hybridized carbons (Fsp3) is 0.0769. The van der Waals surface area contributed by atoms with E-state index in [1.807, 2.05) is 0 Å². The van der Waals surface area contributed by atoms with Gasteiger partial charge in [0.05, 0.1) is 9.50 Å². The Hall–Kier alpha value is -1.17. The van der Waals surface area contributed by atoms with Gasteiger partial charge in [0.15, 0.2) is 0 Å². The van der Waals surface area contributed by atoms with E-state index in [0.29, 0.717) is 15.7 Å². The Balaban J connectivity index is 2.32. The number of hydrogen-bond acceptors (Lipinski definition) is 2. The second-order valence-corrected chi connectivity index (χ2v) is 5.65. The quantitative estimate of drug-likeness (QED) is 0.760. The number of pyridine rings is 1. The number of amides is 1. The zero-order valence-corrected chi connectivity index (χ0v) is 13.3. The minimum atomic E-state index is -0.553. The number of hydrogen-bond donors (Lipinski definition) is 1. The summed E-state index contributed by atoms with van der Waals surface area (Å²) in [6, 6.07) is 5.74. The Bertz CT molecular complexity index is 694. The SMILES string of the molecule is Cc1cc(Br)c(F)cc1NC(=O)c1nc(Cl)ccc1Cl. The summed E-state index contributed by atoms with van der Waals surface area (Å²) in [5.74, 6) is -1.03. The van der Waals surface area contributed by atoms with Gasteiger partial charge in [-0.2, -0.15) is 0 Å². The van der Waals surface area contributed by atoms with Crippen LogP contribution in [0.5, 0.6) is 0 Å². The van der Waals surface area contributed by atoms with E-state index in [1.165, 1.54) is 18.2 Å². The smallest absolute Gasteiger partial charge is 0.275 e. The number of halogens is 4. The van der Waals surface area contributed by atoms with Gasteiger partial charge in [-0.05, 0) is 52.7 Å². The lowest BCUT2D eigenvalue weighted by atomic mass is 10.2. The van der Waals surface area contributed by atoms with Crippen LogP contribution in [0.1, 0.15) is 16.1 Å². The summed E-state index contributed by atoms with van der Waals surface area (Å²) in [5.41, 5.74) is 1.03. The van der Waals surface area contributed by atoms with Gasteiger partial charge >= 0.3 is 0 Å². The molecule has 2 rings (SSSR count). The predicted molar refractivity (Wildman–Crippen MR) is 81.0 cm³/mol. The van der Waals surface area contributed by atoms with Crippen molar-refractivity contribution < 1.29 is 9.18 Å². The van der Waals surface area contributed by atoms with E-state index in [9.17, 15) is 9.18 Å². The van der Waals surface area contributed by atoms with Crippen molar-refractivity contribution in [2.24, 2.45) is 0 Å². The number of aryl methyl sites for hydroxylation is 1. The van der Waals surface area contributed by atoms with Crippen LogP contribution in [-0.2, 0) is 0 Å². The van der Waals surface area contributed by atoms with E-state index in [1.54, 1.807) is 13.0 Å². The van der Waals surface area contributed by atoms with Gasteiger partial charge in [0.25, 0.3) is 5.91 Å². The molecule has 0 fully saturated rings. The van der Waals surface area contributed by atoms with E-state index in [2.05, 4.69) is 26.2 Å². The third kappa shape index (κ3) is 3.29. The predicted octanol–water partition coefficient (Wildman–Crippen LogP) is 4.85. The number of aromatic nitrogens is 1. The molecule has 0 saturated heterocycles. The van der Waals surface area contributed by atoms with Crippen LogP contribution in [0.15, 0.2) is 28.7 Å². The average molecular weight is 378 g/mol. The number of anilines is 1. The highest BCUT2D eigenvalue weighted by Crippen LogP contribution is 2.25. The molecule has 1 N–H and O–H groups in total. The molecule has 104 valence electrons. The van der Waals surface area contributed by atoms with Crippen LogP contribution in [0.4, 0.5) is 10.1 Å². The van der Waals surface area contributed by atoms with E-state index < -0.39 is 11.7 Å². The molecule has 1 heterocycles. The summed E-state index contributed by atoms with van der Waals surface area (Å²) in [4.78, 5) is 15.9. The van der Waals surface area contributed by atoms with Crippen LogP contribution in [-0.4, -0.2) is 10.9 Å². The van der Waals surface area contributed by atoms with Gasteiger partial charge in [-0.3, -0.25) is 4.79 Å². The minimum Gasteiger partial charge on any atom is -0.320 e. The molecule has 0 spiro atoms. The highest BCUT2D eigenvalue weighted by molar-refractivity contribution is 9.10. The highest BCUT2D eigenvalue weighted by Gasteiger charge is 2.15. The average Bonchev–Trinajstić information content (AvgIpc) is 2.38. The lowest BCUT2D eigenvalue weighted by Gasteiger charge is -2.10. The highest BCUT2D eigenvalue weighted by atomic mass is 79.9. The van der Waals surface area contributed by atoms with Crippen LogP contribution in [0.3, 0.4) is 0 Å². The maximum absolute atomic E-state index is 13.5. The maximum Gasteiger partial charge on any atom is 0.275 e. The molecule has 1 amide bonds. The molecule has 0 saturated carbocycles. The lowest BCUT2D eigenvalue weighted by molar-refractivity contribution is 0.102. The van der Waals surface area contributed by atoms with Gasteiger partial charge in [-0.25, -0.2) is 9.37 Å². The van der Waals surface area contributed by atoms with Crippen molar-refractivity contribution in [3.8, 4) is 0 Å². The molecule has 7 heteroatoms. The molecule has 0 aliphatic carbocycles. The molecule has 20 heavy (non-hydrogen) atoms. The monoisotopic (exact) mass is 376 g/mol. The third-order valence-electron chi connectivity index (χ3n) is 2.54. The molecule has 0 atom stereocenters. The number of benzene rings is 1.